The van der Waals surface area contributed by atoms with E-state index in [0.29, 0.717) is 6.04 Å². The summed E-state index contributed by atoms with van der Waals surface area (Å²) in [6, 6.07) is 9.12. The van der Waals surface area contributed by atoms with Gasteiger partial charge in [0.05, 0.1) is 0 Å². The molecule has 2 heterocycles. The van der Waals surface area contributed by atoms with Crippen molar-refractivity contribution in [3.05, 3.63) is 35.2 Å². The fourth-order valence-corrected chi connectivity index (χ4v) is 3.16. The maximum Gasteiger partial charge on any atom is 0.0461 e. The first-order valence-corrected chi connectivity index (χ1v) is 6.23. The minimum absolute atomic E-state index is 0.481. The summed E-state index contributed by atoms with van der Waals surface area (Å²) in [4.78, 5) is 0. The third kappa shape index (κ3) is 1.67. The third-order valence-electron chi connectivity index (χ3n) is 2.93. The number of thiophene rings is 1. The molecule has 0 unspecified atom stereocenters. The van der Waals surface area contributed by atoms with Crippen LogP contribution < -0.4 is 10.6 Å². The molecule has 0 aliphatic carbocycles. The Labute approximate surface area is 93.3 Å². The van der Waals surface area contributed by atoms with Gasteiger partial charge in [0.15, 0.2) is 0 Å². The number of fused-ring (bicyclic) bond motifs is 1. The minimum Gasteiger partial charge on any atom is -0.314 e. The van der Waals surface area contributed by atoms with E-state index in [0.717, 1.165) is 19.6 Å². The fourth-order valence-electron chi connectivity index (χ4n) is 2.14. The highest BCUT2D eigenvalue weighted by atomic mass is 32.1. The van der Waals surface area contributed by atoms with E-state index in [4.69, 9.17) is 0 Å². The molecular weight excluding hydrogens is 204 g/mol. The van der Waals surface area contributed by atoms with Gasteiger partial charge in [0.25, 0.3) is 0 Å². The highest BCUT2D eigenvalue weighted by molar-refractivity contribution is 7.17. The van der Waals surface area contributed by atoms with Crippen LogP contribution in [0.4, 0.5) is 0 Å². The zero-order valence-corrected chi connectivity index (χ0v) is 9.31. The molecule has 2 aromatic rings. The van der Waals surface area contributed by atoms with Gasteiger partial charge in [-0.05, 0) is 22.4 Å². The van der Waals surface area contributed by atoms with Crippen LogP contribution in [0, 0.1) is 0 Å². The predicted molar refractivity (Wildman–Crippen MR) is 65.4 cm³/mol. The van der Waals surface area contributed by atoms with Crippen molar-refractivity contribution in [1.29, 1.82) is 0 Å². The molecule has 1 aromatic heterocycles. The Balaban J connectivity index is 2.02. The lowest BCUT2D eigenvalue weighted by Crippen LogP contribution is -2.42. The second-order valence-corrected chi connectivity index (χ2v) is 4.81. The number of hydrogen-bond donors (Lipinski definition) is 2. The van der Waals surface area contributed by atoms with Crippen LogP contribution in [0.1, 0.15) is 11.6 Å². The summed E-state index contributed by atoms with van der Waals surface area (Å²) in [7, 11) is 0. The minimum atomic E-state index is 0.481. The number of hydrogen-bond acceptors (Lipinski definition) is 3. The van der Waals surface area contributed by atoms with E-state index in [-0.39, 0.29) is 0 Å². The summed E-state index contributed by atoms with van der Waals surface area (Å²) in [6.45, 7) is 3.19. The highest BCUT2D eigenvalue weighted by Crippen LogP contribution is 2.30. The lowest BCUT2D eigenvalue weighted by molar-refractivity contribution is 0.433. The van der Waals surface area contributed by atoms with Gasteiger partial charge in [0, 0.05) is 30.4 Å². The molecule has 1 aromatic carbocycles. The molecule has 0 saturated carbocycles. The summed E-state index contributed by atoms with van der Waals surface area (Å²) in [5.41, 5.74) is 1.45. The lowest BCUT2D eigenvalue weighted by atomic mass is 10.0. The van der Waals surface area contributed by atoms with E-state index in [1.165, 1.54) is 15.6 Å². The van der Waals surface area contributed by atoms with Crippen LogP contribution in [0.2, 0.25) is 0 Å². The molecule has 1 aliphatic heterocycles. The van der Waals surface area contributed by atoms with Crippen LogP contribution in [-0.2, 0) is 0 Å². The molecule has 3 rings (SSSR count). The Hall–Kier alpha value is -0.900. The second kappa shape index (κ2) is 3.93. The van der Waals surface area contributed by atoms with E-state index >= 15 is 0 Å². The van der Waals surface area contributed by atoms with Crippen molar-refractivity contribution in [1.82, 2.24) is 10.6 Å². The molecule has 1 saturated heterocycles. The molecule has 0 radical (unpaired) electrons. The zero-order valence-electron chi connectivity index (χ0n) is 8.49. The standard InChI is InChI=1S/C12H14N2S/c1-2-4-12-9(3-1)10(8-15-12)11-7-13-5-6-14-11/h1-4,8,11,13-14H,5-7H2/t11-/m0/s1. The monoisotopic (exact) mass is 218 g/mol. The first kappa shape index (κ1) is 9.33. The second-order valence-electron chi connectivity index (χ2n) is 3.90. The van der Waals surface area contributed by atoms with E-state index in [9.17, 15) is 0 Å². The summed E-state index contributed by atoms with van der Waals surface area (Å²) >= 11 is 1.84. The molecule has 1 atom stereocenters. The Morgan fingerprint density at radius 1 is 1.20 bits per heavy atom. The van der Waals surface area contributed by atoms with Crippen molar-refractivity contribution in [3.8, 4) is 0 Å². The van der Waals surface area contributed by atoms with Gasteiger partial charge < -0.3 is 10.6 Å². The van der Waals surface area contributed by atoms with E-state index in [1.54, 1.807) is 0 Å². The van der Waals surface area contributed by atoms with Gasteiger partial charge in [-0.15, -0.1) is 11.3 Å². The largest absolute Gasteiger partial charge is 0.314 e. The Kier molecular flexibility index (Phi) is 2.44. The van der Waals surface area contributed by atoms with E-state index < -0.39 is 0 Å². The molecule has 1 aliphatic rings. The Morgan fingerprint density at radius 3 is 3.00 bits per heavy atom. The Bertz CT molecular complexity index is 457. The third-order valence-corrected chi connectivity index (χ3v) is 3.91. The molecule has 15 heavy (non-hydrogen) atoms. The smallest absolute Gasteiger partial charge is 0.0461 e. The van der Waals surface area contributed by atoms with Crippen LogP contribution in [0.3, 0.4) is 0 Å². The molecule has 3 heteroatoms. The van der Waals surface area contributed by atoms with Crippen molar-refractivity contribution >= 4 is 21.4 Å². The van der Waals surface area contributed by atoms with Gasteiger partial charge in [-0.3, -0.25) is 0 Å². The normalized spacial score (nSPS) is 22.0. The first-order chi connectivity index (χ1) is 7.45. The number of nitrogens with one attached hydrogen (secondary N) is 2. The van der Waals surface area contributed by atoms with Gasteiger partial charge in [-0.25, -0.2) is 0 Å². The average molecular weight is 218 g/mol. The number of benzene rings is 1. The summed E-state index contributed by atoms with van der Waals surface area (Å²) < 4.78 is 1.39. The van der Waals surface area contributed by atoms with Gasteiger partial charge >= 0.3 is 0 Å². The summed E-state index contributed by atoms with van der Waals surface area (Å²) in [5.74, 6) is 0. The van der Waals surface area contributed by atoms with Gasteiger partial charge in [0.2, 0.25) is 0 Å². The highest BCUT2D eigenvalue weighted by Gasteiger charge is 2.17. The average Bonchev–Trinajstić information content (AvgIpc) is 2.74. The molecule has 2 nitrogen and oxygen atoms in total. The van der Waals surface area contributed by atoms with Crippen LogP contribution in [0.25, 0.3) is 10.1 Å². The molecular formula is C12H14N2S. The van der Waals surface area contributed by atoms with Crippen molar-refractivity contribution in [3.63, 3.8) is 0 Å². The Morgan fingerprint density at radius 2 is 2.13 bits per heavy atom. The molecule has 0 spiro atoms. The topological polar surface area (TPSA) is 24.1 Å². The van der Waals surface area contributed by atoms with Crippen molar-refractivity contribution in [2.24, 2.45) is 0 Å². The maximum atomic E-state index is 3.56. The van der Waals surface area contributed by atoms with Crippen LogP contribution in [-0.4, -0.2) is 19.6 Å². The molecule has 1 fully saturated rings. The van der Waals surface area contributed by atoms with E-state index in [1.807, 2.05) is 11.3 Å². The van der Waals surface area contributed by atoms with Gasteiger partial charge in [0.1, 0.15) is 0 Å². The maximum absolute atomic E-state index is 3.56. The fraction of sp³-hybridized carbons (Fsp3) is 0.333. The van der Waals surface area contributed by atoms with Crippen LogP contribution in [0.15, 0.2) is 29.6 Å². The van der Waals surface area contributed by atoms with Crippen molar-refractivity contribution in [2.75, 3.05) is 19.6 Å². The number of piperazine rings is 1. The van der Waals surface area contributed by atoms with Crippen LogP contribution >= 0.6 is 11.3 Å². The van der Waals surface area contributed by atoms with Gasteiger partial charge in [-0.1, -0.05) is 18.2 Å². The summed E-state index contributed by atoms with van der Waals surface area (Å²) in [6.07, 6.45) is 0. The quantitative estimate of drug-likeness (QED) is 0.766. The SMILES string of the molecule is c1ccc2c([C@@H]3CNCCN3)csc2c1. The van der Waals surface area contributed by atoms with Crippen molar-refractivity contribution in [2.45, 2.75) is 6.04 Å². The zero-order chi connectivity index (χ0) is 10.1. The molecule has 0 bridgehead atoms. The molecule has 2 N–H and O–H groups in total. The van der Waals surface area contributed by atoms with Crippen molar-refractivity contribution < 1.29 is 0 Å². The summed E-state index contributed by atoms with van der Waals surface area (Å²) in [5, 5.41) is 10.7. The lowest BCUT2D eigenvalue weighted by Gasteiger charge is -2.24. The van der Waals surface area contributed by atoms with E-state index in [2.05, 4.69) is 40.3 Å². The molecule has 78 valence electrons. The molecule has 0 amide bonds. The van der Waals surface area contributed by atoms with Crippen LogP contribution in [0.5, 0.6) is 0 Å². The first-order valence-electron chi connectivity index (χ1n) is 5.35. The predicted octanol–water partition coefficient (Wildman–Crippen LogP) is 2.14. The number of rotatable bonds is 1. The van der Waals surface area contributed by atoms with Gasteiger partial charge in [-0.2, -0.15) is 0 Å².